The lowest BCUT2D eigenvalue weighted by Crippen LogP contribution is -2.41. The van der Waals surface area contributed by atoms with Crippen LogP contribution in [0.4, 0.5) is 0 Å². The van der Waals surface area contributed by atoms with E-state index in [4.69, 9.17) is 18.9 Å². The molecule has 1 saturated heterocycles. The van der Waals surface area contributed by atoms with Crippen LogP contribution in [0.15, 0.2) is 0 Å². The molecule has 0 aromatic heterocycles. The minimum atomic E-state index is -2.93. The standard InChI is InChI=1S/C10H19BO2/c1-7-6-8(7)11-12-9(2,3)10(4,5)13-11/h7-8H,6H2,1-5H3/i1D3,6D2,7D,8D. The van der Waals surface area contributed by atoms with Gasteiger partial charge in [0.25, 0.3) is 0 Å². The summed E-state index contributed by atoms with van der Waals surface area (Å²) in [6.07, 6.45) is -2.54. The van der Waals surface area contributed by atoms with Gasteiger partial charge in [0, 0.05) is 9.60 Å². The van der Waals surface area contributed by atoms with Crippen LogP contribution < -0.4 is 0 Å². The van der Waals surface area contributed by atoms with Crippen LogP contribution in [0, 0.1) is 5.89 Å². The first-order valence-electron chi connectivity index (χ1n) is 7.92. The molecule has 1 heterocycles. The third-order valence-electron chi connectivity index (χ3n) is 2.96. The van der Waals surface area contributed by atoms with Crippen LogP contribution in [0.2, 0.25) is 5.79 Å². The highest BCUT2D eigenvalue weighted by Crippen LogP contribution is 2.52. The summed E-state index contributed by atoms with van der Waals surface area (Å²) in [4.78, 5) is 0. The Morgan fingerprint density at radius 2 is 1.92 bits per heavy atom. The van der Waals surface area contributed by atoms with E-state index in [0.29, 0.717) is 0 Å². The Morgan fingerprint density at radius 1 is 1.38 bits per heavy atom. The van der Waals surface area contributed by atoms with E-state index in [1.54, 1.807) is 27.7 Å². The van der Waals surface area contributed by atoms with Gasteiger partial charge >= 0.3 is 7.12 Å². The van der Waals surface area contributed by atoms with Gasteiger partial charge in [0.05, 0.1) is 11.2 Å². The lowest BCUT2D eigenvalue weighted by atomic mass is 9.81. The van der Waals surface area contributed by atoms with Crippen molar-refractivity contribution in [1.29, 1.82) is 0 Å². The molecule has 0 aromatic carbocycles. The van der Waals surface area contributed by atoms with E-state index in [-0.39, 0.29) is 0 Å². The van der Waals surface area contributed by atoms with E-state index in [0.717, 1.165) is 0 Å². The van der Waals surface area contributed by atoms with Crippen molar-refractivity contribution in [1.82, 2.24) is 0 Å². The van der Waals surface area contributed by atoms with Crippen molar-refractivity contribution in [3.63, 3.8) is 0 Å². The third-order valence-corrected chi connectivity index (χ3v) is 2.96. The van der Waals surface area contributed by atoms with Gasteiger partial charge < -0.3 is 9.31 Å². The van der Waals surface area contributed by atoms with E-state index in [2.05, 4.69) is 0 Å². The fourth-order valence-electron chi connectivity index (χ4n) is 1.24. The fraction of sp³-hybridized carbons (Fsp3) is 1.00. The van der Waals surface area contributed by atoms with Gasteiger partial charge in [0.1, 0.15) is 0 Å². The summed E-state index contributed by atoms with van der Waals surface area (Å²) in [6, 6.07) is 0. The van der Waals surface area contributed by atoms with Gasteiger partial charge in [-0.2, -0.15) is 0 Å². The fourth-order valence-corrected chi connectivity index (χ4v) is 1.24. The molecular weight excluding hydrogens is 163 g/mol. The van der Waals surface area contributed by atoms with Crippen LogP contribution in [0.3, 0.4) is 0 Å². The Balaban J connectivity index is 2.41. The van der Waals surface area contributed by atoms with E-state index < -0.39 is 43.2 Å². The van der Waals surface area contributed by atoms with Crippen molar-refractivity contribution in [3.05, 3.63) is 0 Å². The second kappa shape index (κ2) is 2.51. The van der Waals surface area contributed by atoms with E-state index in [9.17, 15) is 0 Å². The molecule has 0 aromatic rings. The molecule has 74 valence electrons. The van der Waals surface area contributed by atoms with Gasteiger partial charge in [0.15, 0.2) is 0 Å². The predicted molar refractivity (Wildman–Crippen MR) is 53.6 cm³/mol. The molecule has 0 bridgehead atoms. The second-order valence-electron chi connectivity index (χ2n) is 4.50. The molecule has 0 N–H and O–H groups in total. The van der Waals surface area contributed by atoms with Crippen LogP contribution >= 0.6 is 0 Å². The molecule has 0 amide bonds. The highest BCUT2D eigenvalue weighted by Gasteiger charge is 2.58. The maximum absolute atomic E-state index is 8.23. The Morgan fingerprint density at radius 3 is 2.31 bits per heavy atom. The first-order chi connectivity index (χ1) is 8.56. The highest BCUT2D eigenvalue weighted by atomic mass is 16.7. The Labute approximate surface area is 91.0 Å². The lowest BCUT2D eigenvalue weighted by Gasteiger charge is -2.32. The smallest absolute Gasteiger partial charge is 0.403 e. The Kier molecular flexibility index (Phi) is 0.819. The highest BCUT2D eigenvalue weighted by molar-refractivity contribution is 6.48. The summed E-state index contributed by atoms with van der Waals surface area (Å²) >= 11 is 0. The first-order valence-corrected chi connectivity index (χ1v) is 4.42. The van der Waals surface area contributed by atoms with Gasteiger partial charge in [-0.05, 0) is 45.8 Å². The summed E-state index contributed by atoms with van der Waals surface area (Å²) < 4.78 is 65.2. The van der Waals surface area contributed by atoms with Crippen LogP contribution in [0.1, 0.15) is 50.5 Å². The summed E-state index contributed by atoms with van der Waals surface area (Å²) in [7, 11) is -1.39. The van der Waals surface area contributed by atoms with Gasteiger partial charge in [-0.1, -0.05) is 6.85 Å². The van der Waals surface area contributed by atoms with Gasteiger partial charge in [-0.15, -0.1) is 0 Å². The predicted octanol–water partition coefficient (Wildman–Crippen LogP) is 2.49. The summed E-state index contributed by atoms with van der Waals surface area (Å²) in [5.41, 5.74) is -1.61. The molecule has 2 fully saturated rings. The van der Waals surface area contributed by atoms with Gasteiger partial charge in [0.2, 0.25) is 0 Å². The topological polar surface area (TPSA) is 18.5 Å². The minimum absolute atomic E-state index is 0.806. The molecule has 2 aliphatic rings. The zero-order valence-electron chi connectivity index (χ0n) is 15.4. The number of hydrogen-bond acceptors (Lipinski definition) is 2. The van der Waals surface area contributed by atoms with Crippen LogP contribution in [-0.4, -0.2) is 18.3 Å². The van der Waals surface area contributed by atoms with Crippen molar-refractivity contribution in [3.8, 4) is 0 Å². The second-order valence-corrected chi connectivity index (χ2v) is 4.50. The molecule has 1 saturated carbocycles. The molecule has 0 spiro atoms. The van der Waals surface area contributed by atoms with Crippen LogP contribution in [0.5, 0.6) is 0 Å². The molecule has 2 unspecified atom stereocenters. The summed E-state index contributed by atoms with van der Waals surface area (Å²) in [5, 5.41) is 0. The Bertz CT molecular complexity index is 433. The normalized spacial score (nSPS) is 64.9. The van der Waals surface area contributed by atoms with Gasteiger partial charge in [-0.3, -0.25) is 0 Å². The van der Waals surface area contributed by atoms with Crippen molar-refractivity contribution in [2.45, 2.75) is 57.9 Å². The summed E-state index contributed by atoms with van der Waals surface area (Å²) in [5.74, 6) is -4.84. The molecule has 0 radical (unpaired) electrons. The molecule has 13 heavy (non-hydrogen) atoms. The van der Waals surface area contributed by atoms with Crippen molar-refractivity contribution < 1.29 is 18.9 Å². The van der Waals surface area contributed by atoms with E-state index in [1.807, 2.05) is 0 Å². The molecular formula is C10H19BO2. The van der Waals surface area contributed by atoms with Crippen LogP contribution in [0.25, 0.3) is 0 Å². The largest absolute Gasteiger partial charge is 0.461 e. The lowest BCUT2D eigenvalue weighted by molar-refractivity contribution is 0.00578. The quantitative estimate of drug-likeness (QED) is 0.590. The van der Waals surface area contributed by atoms with Crippen LogP contribution in [-0.2, 0) is 9.31 Å². The summed E-state index contributed by atoms with van der Waals surface area (Å²) in [6.45, 7) is 4.00. The SMILES string of the molecule is [2H]C([2H])([2H])C1([2H])C([2H])([2H])C1([2H])B1OC(C)(C)C(C)(C)O1. The van der Waals surface area contributed by atoms with Gasteiger partial charge in [-0.25, -0.2) is 0 Å². The minimum Gasteiger partial charge on any atom is -0.403 e. The third kappa shape index (κ3) is 1.42. The van der Waals surface area contributed by atoms with Crippen molar-refractivity contribution in [2.75, 3.05) is 0 Å². The Hall–Kier alpha value is -0.0151. The molecule has 2 atom stereocenters. The molecule has 1 aliphatic carbocycles. The van der Waals surface area contributed by atoms with Crippen molar-refractivity contribution >= 4 is 7.12 Å². The molecule has 1 aliphatic heterocycles. The first kappa shape index (κ1) is 4.24. The number of hydrogen-bond donors (Lipinski definition) is 0. The maximum atomic E-state index is 8.23. The molecule has 2 rings (SSSR count). The number of rotatable bonds is 1. The zero-order chi connectivity index (χ0) is 16.0. The van der Waals surface area contributed by atoms with E-state index >= 15 is 0 Å². The van der Waals surface area contributed by atoms with E-state index in [1.165, 1.54) is 0 Å². The maximum Gasteiger partial charge on any atom is 0.461 e. The molecule has 3 heteroatoms. The average Bonchev–Trinajstić information content (AvgIpc) is 2.46. The van der Waals surface area contributed by atoms with Crippen molar-refractivity contribution in [2.24, 2.45) is 5.89 Å². The molecule has 2 nitrogen and oxygen atoms in total. The average molecular weight is 189 g/mol. The zero-order valence-corrected chi connectivity index (χ0v) is 8.39. The monoisotopic (exact) mass is 189 g/mol.